The second-order valence-electron chi connectivity index (χ2n) is 10.2. The van der Waals surface area contributed by atoms with E-state index in [0.29, 0.717) is 37.6 Å². The molecule has 1 fully saturated rings. The van der Waals surface area contributed by atoms with Crippen LogP contribution in [0.3, 0.4) is 0 Å². The highest BCUT2D eigenvalue weighted by Gasteiger charge is 2.46. The van der Waals surface area contributed by atoms with Crippen LogP contribution >= 0.6 is 0 Å². The van der Waals surface area contributed by atoms with Crippen LogP contribution in [0.1, 0.15) is 47.2 Å². The molecule has 1 unspecified atom stereocenters. The van der Waals surface area contributed by atoms with E-state index in [1.165, 1.54) is 0 Å². The molecule has 1 atom stereocenters. The number of hydrogen-bond acceptors (Lipinski definition) is 6. The lowest BCUT2D eigenvalue weighted by Gasteiger charge is -2.43. The Kier molecular flexibility index (Phi) is 5.62. The zero-order valence-electron chi connectivity index (χ0n) is 21.9. The third-order valence-electron chi connectivity index (χ3n) is 7.84. The highest BCUT2D eigenvalue weighted by atomic mass is 16.6. The Labute approximate surface area is 230 Å². The van der Waals surface area contributed by atoms with E-state index in [1.807, 2.05) is 73.7 Å². The van der Waals surface area contributed by atoms with Crippen LogP contribution in [-0.2, 0) is 10.3 Å². The van der Waals surface area contributed by atoms with Crippen molar-refractivity contribution in [3.8, 4) is 5.69 Å². The summed E-state index contributed by atoms with van der Waals surface area (Å²) >= 11 is 0. The maximum Gasteiger partial charge on any atom is 0.413 e. The number of fused-ring (bicyclic) bond motifs is 5. The standard InChI is InChI=1S/C30H27N7O3/c1-19-18-32-27-26(33-24(20-8-3-2-4-9-20)21-10-5-6-12-23(21)37(19)27)34-28(38)36-16-13-30(14-17-36)22-11-7-15-31-25(22)35-29(39)40-30/h2-12,15,18,26H,13-14,16-17H2,1H3,(H,34,38)(H,31,35,39). The monoisotopic (exact) mass is 533 g/mol. The van der Waals surface area contributed by atoms with Gasteiger partial charge in [0, 0.05) is 60.7 Å². The molecule has 4 aromatic rings. The van der Waals surface area contributed by atoms with E-state index >= 15 is 0 Å². The van der Waals surface area contributed by atoms with Crippen molar-refractivity contribution in [2.24, 2.45) is 4.99 Å². The predicted molar refractivity (Wildman–Crippen MR) is 148 cm³/mol. The van der Waals surface area contributed by atoms with Gasteiger partial charge in [-0.15, -0.1) is 0 Å². The van der Waals surface area contributed by atoms with Crippen molar-refractivity contribution in [3.05, 3.63) is 107 Å². The molecule has 0 aliphatic carbocycles. The summed E-state index contributed by atoms with van der Waals surface area (Å²) in [5, 5.41) is 5.81. The van der Waals surface area contributed by atoms with Crippen molar-refractivity contribution in [1.82, 2.24) is 24.8 Å². The number of nitrogens with one attached hydrogen (secondary N) is 2. The molecule has 10 nitrogen and oxygen atoms in total. The number of aliphatic imine (C=N–C) groups is 1. The molecule has 40 heavy (non-hydrogen) atoms. The minimum absolute atomic E-state index is 0.249. The van der Waals surface area contributed by atoms with Gasteiger partial charge in [-0.2, -0.15) is 0 Å². The average molecular weight is 534 g/mol. The molecule has 0 radical (unpaired) electrons. The summed E-state index contributed by atoms with van der Waals surface area (Å²) in [7, 11) is 0. The molecule has 3 amide bonds. The van der Waals surface area contributed by atoms with Gasteiger partial charge in [0.15, 0.2) is 12.0 Å². The number of nitrogens with zero attached hydrogens (tertiary/aromatic N) is 5. The molecule has 200 valence electrons. The Balaban J connectivity index is 1.19. The second-order valence-corrected chi connectivity index (χ2v) is 10.2. The molecule has 2 aromatic carbocycles. The lowest BCUT2D eigenvalue weighted by molar-refractivity contribution is -0.0308. The lowest BCUT2D eigenvalue weighted by Crippen LogP contribution is -2.52. The van der Waals surface area contributed by atoms with Crippen LogP contribution in [0, 0.1) is 6.92 Å². The number of piperidine rings is 1. The number of hydrogen-bond donors (Lipinski definition) is 2. The summed E-state index contributed by atoms with van der Waals surface area (Å²) in [5.41, 5.74) is 4.65. The van der Waals surface area contributed by atoms with Crippen LogP contribution in [0.15, 0.2) is 84.1 Å². The summed E-state index contributed by atoms with van der Waals surface area (Å²) in [4.78, 5) is 41.8. The summed E-state index contributed by atoms with van der Waals surface area (Å²) in [6, 6.07) is 21.6. The van der Waals surface area contributed by atoms with Gasteiger partial charge >= 0.3 is 12.1 Å². The van der Waals surface area contributed by atoms with E-state index in [2.05, 4.69) is 25.2 Å². The highest BCUT2D eigenvalue weighted by Crippen LogP contribution is 2.42. The molecular weight excluding hydrogens is 506 g/mol. The molecule has 3 aliphatic heterocycles. The van der Waals surface area contributed by atoms with Crippen molar-refractivity contribution < 1.29 is 14.3 Å². The molecule has 1 saturated heterocycles. The van der Waals surface area contributed by atoms with E-state index in [0.717, 1.165) is 33.8 Å². The number of aromatic nitrogens is 3. The Morgan fingerprint density at radius 2 is 1.80 bits per heavy atom. The van der Waals surface area contributed by atoms with Gasteiger partial charge in [-0.05, 0) is 25.1 Å². The van der Waals surface area contributed by atoms with E-state index < -0.39 is 17.9 Å². The fraction of sp³-hybridized carbons (Fsp3) is 0.233. The summed E-state index contributed by atoms with van der Waals surface area (Å²) in [6.45, 7) is 2.81. The Hall–Kier alpha value is -4.99. The first-order valence-corrected chi connectivity index (χ1v) is 13.3. The van der Waals surface area contributed by atoms with Gasteiger partial charge in [0.2, 0.25) is 0 Å². The van der Waals surface area contributed by atoms with Crippen LogP contribution in [-0.4, -0.2) is 50.4 Å². The van der Waals surface area contributed by atoms with Crippen LogP contribution in [0.4, 0.5) is 15.4 Å². The van der Waals surface area contributed by atoms with Crippen molar-refractivity contribution in [2.75, 3.05) is 18.4 Å². The summed E-state index contributed by atoms with van der Waals surface area (Å²) < 4.78 is 7.86. The van der Waals surface area contributed by atoms with Crippen molar-refractivity contribution in [1.29, 1.82) is 0 Å². The maximum atomic E-state index is 13.7. The first-order chi connectivity index (χ1) is 19.5. The van der Waals surface area contributed by atoms with Gasteiger partial charge in [0.05, 0.1) is 11.4 Å². The molecule has 0 bridgehead atoms. The number of anilines is 1. The van der Waals surface area contributed by atoms with Gasteiger partial charge in [0.1, 0.15) is 11.4 Å². The first kappa shape index (κ1) is 24.1. The molecule has 0 saturated carbocycles. The molecule has 7 rings (SSSR count). The number of carbonyl (C=O) groups is 2. The third kappa shape index (κ3) is 3.91. The summed E-state index contributed by atoms with van der Waals surface area (Å²) in [5.74, 6) is 1.16. The van der Waals surface area contributed by atoms with Crippen LogP contribution < -0.4 is 10.6 Å². The average Bonchev–Trinajstić information content (AvgIpc) is 3.30. The second kappa shape index (κ2) is 9.33. The molecule has 2 aromatic heterocycles. The maximum absolute atomic E-state index is 13.7. The van der Waals surface area contributed by atoms with Gasteiger partial charge in [-0.1, -0.05) is 48.5 Å². The number of para-hydroxylation sites is 1. The smallest absolute Gasteiger partial charge is 0.413 e. The van der Waals surface area contributed by atoms with Crippen LogP contribution in [0.2, 0.25) is 0 Å². The number of pyridine rings is 1. The lowest BCUT2D eigenvalue weighted by atomic mass is 9.83. The van der Waals surface area contributed by atoms with E-state index in [4.69, 9.17) is 9.73 Å². The van der Waals surface area contributed by atoms with Crippen LogP contribution in [0.5, 0.6) is 0 Å². The first-order valence-electron chi connectivity index (χ1n) is 13.3. The zero-order valence-corrected chi connectivity index (χ0v) is 21.9. The number of aryl methyl sites for hydroxylation is 1. The summed E-state index contributed by atoms with van der Waals surface area (Å²) in [6.07, 6.45) is 3.15. The fourth-order valence-corrected chi connectivity index (χ4v) is 5.89. The zero-order chi connectivity index (χ0) is 27.3. The minimum atomic E-state index is -0.807. The van der Waals surface area contributed by atoms with E-state index in [1.54, 1.807) is 17.3 Å². The molecule has 2 N–H and O–H groups in total. The molecule has 3 aliphatic rings. The number of amides is 3. The van der Waals surface area contributed by atoms with E-state index in [9.17, 15) is 9.59 Å². The number of urea groups is 1. The number of imidazole rings is 1. The number of carbonyl (C=O) groups excluding carboxylic acids is 2. The van der Waals surface area contributed by atoms with Crippen LogP contribution in [0.25, 0.3) is 5.69 Å². The quantitative estimate of drug-likeness (QED) is 0.388. The van der Waals surface area contributed by atoms with Gasteiger partial charge in [0.25, 0.3) is 0 Å². The largest absolute Gasteiger partial charge is 0.437 e. The molecular formula is C30H27N7O3. The normalized spacial score (nSPS) is 18.8. The topological polar surface area (TPSA) is 114 Å². The van der Waals surface area contributed by atoms with Crippen molar-refractivity contribution >= 4 is 23.7 Å². The fourth-order valence-electron chi connectivity index (χ4n) is 5.89. The highest BCUT2D eigenvalue weighted by molar-refractivity contribution is 6.15. The third-order valence-corrected chi connectivity index (χ3v) is 7.84. The van der Waals surface area contributed by atoms with Gasteiger partial charge in [-0.25, -0.2) is 19.6 Å². The van der Waals surface area contributed by atoms with Gasteiger partial charge < -0.3 is 15.0 Å². The van der Waals surface area contributed by atoms with Gasteiger partial charge in [-0.3, -0.25) is 14.9 Å². The van der Waals surface area contributed by atoms with Crippen molar-refractivity contribution in [3.63, 3.8) is 0 Å². The Morgan fingerprint density at radius 1 is 1.02 bits per heavy atom. The number of ether oxygens (including phenoxy) is 1. The number of benzene rings is 2. The number of rotatable bonds is 2. The SMILES string of the molecule is Cc1cnc2n1-c1ccccc1C(c1ccccc1)=NC2NC(=O)N1CCC2(CC1)OC(=O)Nc1ncccc12. The Bertz CT molecular complexity index is 1650. The molecule has 1 spiro atoms. The predicted octanol–water partition coefficient (Wildman–Crippen LogP) is 4.69. The molecule has 5 heterocycles. The molecule has 10 heteroatoms. The van der Waals surface area contributed by atoms with E-state index in [-0.39, 0.29) is 6.03 Å². The van der Waals surface area contributed by atoms with Crippen molar-refractivity contribution in [2.45, 2.75) is 31.5 Å². The Morgan fingerprint density at radius 3 is 2.62 bits per heavy atom. The number of likely N-dealkylation sites (tertiary alicyclic amines) is 1. The minimum Gasteiger partial charge on any atom is -0.437 e.